The number of aliphatic hydroxyl groups excluding tert-OH is 3. The zero-order chi connectivity index (χ0) is 28.1. The summed E-state index contributed by atoms with van der Waals surface area (Å²) in [5, 5.41) is 32.7. The second-order valence-electron chi connectivity index (χ2n) is 10.3. The molecule has 0 bridgehead atoms. The average molecular weight is 534 g/mol. The Labute approximate surface area is 234 Å². The van der Waals surface area contributed by atoms with Crippen molar-refractivity contribution >= 4 is 5.91 Å². The molecule has 0 aliphatic carbocycles. The quantitative estimate of drug-likeness (QED) is 0.0686. The predicted octanol–water partition coefficient (Wildman–Crippen LogP) is 7.47. The van der Waals surface area contributed by atoms with Gasteiger partial charge in [-0.1, -0.05) is 107 Å². The van der Waals surface area contributed by atoms with Gasteiger partial charge < -0.3 is 20.6 Å². The highest BCUT2D eigenvalue weighted by Gasteiger charge is 2.19. The van der Waals surface area contributed by atoms with Gasteiger partial charge in [0.25, 0.3) is 0 Å². The molecule has 0 fully saturated rings. The van der Waals surface area contributed by atoms with E-state index in [4.69, 9.17) is 0 Å². The molecule has 0 spiro atoms. The van der Waals surface area contributed by atoms with Crippen molar-refractivity contribution in [3.63, 3.8) is 0 Å². The maximum absolute atomic E-state index is 12.2. The number of hydrogen-bond donors (Lipinski definition) is 4. The van der Waals surface area contributed by atoms with Crippen molar-refractivity contribution < 1.29 is 20.1 Å². The number of amides is 1. The van der Waals surface area contributed by atoms with Gasteiger partial charge in [0, 0.05) is 0 Å². The highest BCUT2D eigenvalue weighted by atomic mass is 16.3. The van der Waals surface area contributed by atoms with Crippen LogP contribution >= 0.6 is 0 Å². The second kappa shape index (κ2) is 28.3. The summed E-state index contributed by atoms with van der Waals surface area (Å²) in [7, 11) is 0. The minimum absolute atomic E-state index is 0.0157. The molecule has 0 saturated carbocycles. The van der Waals surface area contributed by atoms with E-state index in [-0.39, 0.29) is 18.9 Å². The van der Waals surface area contributed by atoms with Crippen LogP contribution in [0.2, 0.25) is 0 Å². The van der Waals surface area contributed by atoms with Gasteiger partial charge in [0.05, 0.1) is 31.3 Å². The first kappa shape index (κ1) is 36.3. The molecule has 5 heteroatoms. The van der Waals surface area contributed by atoms with Crippen molar-refractivity contribution in [1.82, 2.24) is 5.32 Å². The lowest BCUT2D eigenvalue weighted by Gasteiger charge is -2.20. The van der Waals surface area contributed by atoms with E-state index in [1.807, 2.05) is 6.08 Å². The van der Waals surface area contributed by atoms with Crippen LogP contribution in [0.3, 0.4) is 0 Å². The lowest BCUT2D eigenvalue weighted by atomic mass is 10.1. The van der Waals surface area contributed by atoms with Crippen LogP contribution in [-0.4, -0.2) is 46.1 Å². The summed E-state index contributed by atoms with van der Waals surface area (Å²) in [4.78, 5) is 12.2. The van der Waals surface area contributed by atoms with Crippen molar-refractivity contribution in [2.75, 3.05) is 6.61 Å². The number of nitrogens with one attached hydrogen (secondary N) is 1. The number of hydrogen-bond acceptors (Lipinski definition) is 4. The van der Waals surface area contributed by atoms with Gasteiger partial charge in [0.15, 0.2) is 0 Å². The molecule has 0 aliphatic heterocycles. The molecule has 3 unspecified atom stereocenters. The van der Waals surface area contributed by atoms with E-state index in [0.717, 1.165) is 51.4 Å². The maximum atomic E-state index is 12.2. The number of allylic oxidation sites excluding steroid dienone is 7. The van der Waals surface area contributed by atoms with Crippen LogP contribution in [-0.2, 0) is 4.79 Å². The van der Waals surface area contributed by atoms with Gasteiger partial charge in [0.1, 0.15) is 0 Å². The van der Waals surface area contributed by atoms with Gasteiger partial charge in [-0.2, -0.15) is 0 Å². The summed E-state index contributed by atoms with van der Waals surface area (Å²) in [6, 6.07) is -0.770. The van der Waals surface area contributed by atoms with Crippen LogP contribution in [0.4, 0.5) is 0 Å². The largest absolute Gasteiger partial charge is 0.394 e. The molecule has 0 radical (unpaired) electrons. The third-order valence-corrected chi connectivity index (χ3v) is 6.57. The summed E-state index contributed by atoms with van der Waals surface area (Å²) >= 11 is 0. The fourth-order valence-electron chi connectivity index (χ4n) is 4.11. The van der Waals surface area contributed by atoms with E-state index >= 15 is 0 Å². The first-order chi connectivity index (χ1) is 18.5. The Bertz CT molecular complexity index is 641. The Morgan fingerprint density at radius 3 is 1.74 bits per heavy atom. The Balaban J connectivity index is 3.94. The van der Waals surface area contributed by atoms with Crippen LogP contribution in [0.1, 0.15) is 129 Å². The van der Waals surface area contributed by atoms with Gasteiger partial charge in [0.2, 0.25) is 5.91 Å². The van der Waals surface area contributed by atoms with Crippen LogP contribution < -0.4 is 5.32 Å². The highest BCUT2D eigenvalue weighted by molar-refractivity contribution is 5.76. The molecule has 0 aromatic rings. The van der Waals surface area contributed by atoms with E-state index < -0.39 is 18.2 Å². The Kier molecular flexibility index (Phi) is 27.1. The normalized spacial score (nSPS) is 14.8. The van der Waals surface area contributed by atoms with E-state index in [1.165, 1.54) is 51.4 Å². The zero-order valence-corrected chi connectivity index (χ0v) is 24.5. The zero-order valence-electron chi connectivity index (χ0n) is 24.5. The molecule has 3 atom stereocenters. The standard InChI is InChI=1S/C33H59NO4/c1-3-5-7-9-11-13-14-15-16-17-18-19-21-23-25-27-32(37)31(29-35)34-33(38)28-30(36)26-24-22-20-12-10-8-6-4-2/h10,12,14-15,18-19,25,27,30-32,35-37H,3-9,11,13,16-17,20-24,26,28-29H2,1-2H3,(H,34,38)/b12-10-,15-14+,19-18+,27-25+. The molecule has 0 rings (SSSR count). The minimum Gasteiger partial charge on any atom is -0.394 e. The summed E-state index contributed by atoms with van der Waals surface area (Å²) in [6.45, 7) is 4.07. The molecule has 0 saturated heterocycles. The van der Waals surface area contributed by atoms with Gasteiger partial charge in [-0.25, -0.2) is 0 Å². The van der Waals surface area contributed by atoms with Gasteiger partial charge in [-0.3, -0.25) is 4.79 Å². The van der Waals surface area contributed by atoms with Crippen LogP contribution in [0.5, 0.6) is 0 Å². The maximum Gasteiger partial charge on any atom is 0.222 e. The topological polar surface area (TPSA) is 89.8 Å². The molecule has 0 aromatic heterocycles. The third-order valence-electron chi connectivity index (χ3n) is 6.57. The molecule has 38 heavy (non-hydrogen) atoms. The average Bonchev–Trinajstić information content (AvgIpc) is 2.90. The highest BCUT2D eigenvalue weighted by Crippen LogP contribution is 2.09. The molecule has 1 amide bonds. The number of rotatable bonds is 26. The van der Waals surface area contributed by atoms with Crippen molar-refractivity contribution in [2.24, 2.45) is 0 Å². The number of aliphatic hydroxyl groups is 3. The van der Waals surface area contributed by atoms with Crippen LogP contribution in [0, 0.1) is 0 Å². The predicted molar refractivity (Wildman–Crippen MR) is 162 cm³/mol. The van der Waals surface area contributed by atoms with Gasteiger partial charge >= 0.3 is 0 Å². The molecule has 5 nitrogen and oxygen atoms in total. The van der Waals surface area contributed by atoms with Gasteiger partial charge in [-0.15, -0.1) is 0 Å². The minimum atomic E-state index is -0.961. The second-order valence-corrected chi connectivity index (χ2v) is 10.3. The third kappa shape index (κ3) is 24.6. The van der Waals surface area contributed by atoms with E-state index in [1.54, 1.807) is 6.08 Å². The van der Waals surface area contributed by atoms with E-state index in [9.17, 15) is 20.1 Å². The number of carbonyl (C=O) groups is 1. The molecule has 0 heterocycles. The Hall–Kier alpha value is -1.69. The molecule has 0 aromatic carbocycles. The van der Waals surface area contributed by atoms with Crippen LogP contribution in [0.25, 0.3) is 0 Å². The number of unbranched alkanes of at least 4 members (excludes halogenated alkanes) is 11. The first-order valence-electron chi connectivity index (χ1n) is 15.4. The lowest BCUT2D eigenvalue weighted by Crippen LogP contribution is -2.45. The Morgan fingerprint density at radius 2 is 1.16 bits per heavy atom. The van der Waals surface area contributed by atoms with Crippen molar-refractivity contribution in [1.29, 1.82) is 0 Å². The summed E-state index contributed by atoms with van der Waals surface area (Å²) in [5.41, 5.74) is 0. The molecule has 0 aliphatic rings. The SMILES string of the molecule is CCCC/C=C\CCCCC(O)CC(=O)NC(CO)C(O)/C=C/CC/C=C/CC/C=C/CCCCCCC. The molecular formula is C33H59NO4. The fraction of sp³-hybridized carbons (Fsp3) is 0.727. The number of carbonyl (C=O) groups excluding carboxylic acids is 1. The summed E-state index contributed by atoms with van der Waals surface area (Å²) in [6.07, 6.45) is 33.8. The summed E-state index contributed by atoms with van der Waals surface area (Å²) in [5.74, 6) is -0.350. The summed E-state index contributed by atoms with van der Waals surface area (Å²) < 4.78 is 0. The van der Waals surface area contributed by atoms with E-state index in [2.05, 4.69) is 55.6 Å². The monoisotopic (exact) mass is 533 g/mol. The Morgan fingerprint density at radius 1 is 0.658 bits per heavy atom. The smallest absolute Gasteiger partial charge is 0.222 e. The van der Waals surface area contributed by atoms with Crippen molar-refractivity contribution in [2.45, 2.75) is 148 Å². The van der Waals surface area contributed by atoms with Crippen molar-refractivity contribution in [3.05, 3.63) is 48.6 Å². The molecule has 220 valence electrons. The molecule has 4 N–H and O–H groups in total. The van der Waals surface area contributed by atoms with Crippen molar-refractivity contribution in [3.8, 4) is 0 Å². The first-order valence-corrected chi connectivity index (χ1v) is 15.4. The van der Waals surface area contributed by atoms with Crippen LogP contribution in [0.15, 0.2) is 48.6 Å². The lowest BCUT2D eigenvalue weighted by molar-refractivity contribution is -0.124. The molecular weight excluding hydrogens is 474 g/mol. The van der Waals surface area contributed by atoms with E-state index in [0.29, 0.717) is 6.42 Å². The van der Waals surface area contributed by atoms with Gasteiger partial charge in [-0.05, 0) is 64.2 Å². The fourth-order valence-corrected chi connectivity index (χ4v) is 4.11.